The van der Waals surface area contributed by atoms with Crippen molar-refractivity contribution < 1.29 is 28.4 Å². The van der Waals surface area contributed by atoms with E-state index in [0.717, 1.165) is 72.3 Å². The summed E-state index contributed by atoms with van der Waals surface area (Å²) >= 11 is 0. The number of pyridine rings is 1. The maximum absolute atomic E-state index is 15.4. The number of benzene rings is 3. The second kappa shape index (κ2) is 20.6. The molecule has 5 aliphatic heterocycles. The van der Waals surface area contributed by atoms with Gasteiger partial charge in [0.15, 0.2) is 5.82 Å². The van der Waals surface area contributed by atoms with E-state index < -0.39 is 17.4 Å². The van der Waals surface area contributed by atoms with Crippen LogP contribution in [0.3, 0.4) is 0 Å². The van der Waals surface area contributed by atoms with Crippen LogP contribution in [0.1, 0.15) is 121 Å². The van der Waals surface area contributed by atoms with Crippen molar-refractivity contribution >= 4 is 74.5 Å². The molecular formula is C61H71FN12O6. The third-order valence-corrected chi connectivity index (χ3v) is 19.1. The van der Waals surface area contributed by atoms with Crippen LogP contribution in [0, 0.1) is 17.7 Å². The fourth-order valence-electron chi connectivity index (χ4n) is 14.6. The van der Waals surface area contributed by atoms with Gasteiger partial charge in [-0.05, 0) is 146 Å². The molecule has 5 amide bonds. The molecule has 418 valence electrons. The van der Waals surface area contributed by atoms with Crippen molar-refractivity contribution in [2.45, 2.75) is 139 Å². The first-order chi connectivity index (χ1) is 38.7. The number of halogens is 1. The largest absolute Gasteiger partial charge is 0.381 e. The number of imide groups is 1. The summed E-state index contributed by atoms with van der Waals surface area (Å²) in [4.78, 5) is 101. The number of hydrogen-bond acceptors (Lipinski definition) is 11. The fraction of sp³-hybridized carbons (Fsp3) is 0.508. The molecule has 18 nitrogen and oxygen atoms in total. The number of para-hydroxylation sites is 2. The lowest BCUT2D eigenvalue weighted by atomic mass is 9.73. The zero-order valence-corrected chi connectivity index (χ0v) is 46.0. The second-order valence-electron chi connectivity index (χ2n) is 24.1. The number of anilines is 4. The molecule has 3 aromatic heterocycles. The van der Waals surface area contributed by atoms with E-state index in [0.29, 0.717) is 92.6 Å². The maximum atomic E-state index is 15.4. The van der Waals surface area contributed by atoms with Gasteiger partial charge in [-0.3, -0.25) is 38.4 Å². The number of hydrogen-bond donors (Lipinski definition) is 3. The molecule has 8 heterocycles. The van der Waals surface area contributed by atoms with Crippen molar-refractivity contribution in [3.8, 4) is 11.3 Å². The smallest absolute Gasteiger partial charge is 0.329 e. The average molecular weight is 1090 g/mol. The number of aryl methyl sites for hydroxylation is 1. The van der Waals surface area contributed by atoms with Crippen LogP contribution in [0.5, 0.6) is 0 Å². The van der Waals surface area contributed by atoms with Crippen LogP contribution in [0.25, 0.3) is 33.3 Å². The third kappa shape index (κ3) is 8.94. The Morgan fingerprint density at radius 1 is 0.775 bits per heavy atom. The molecule has 2 aliphatic carbocycles. The van der Waals surface area contributed by atoms with Crippen LogP contribution < -0.4 is 26.5 Å². The van der Waals surface area contributed by atoms with Gasteiger partial charge in [-0.25, -0.2) is 19.2 Å². The van der Waals surface area contributed by atoms with Crippen LogP contribution in [0.4, 0.5) is 27.3 Å². The Hall–Kier alpha value is -7.41. The Bertz CT molecular complexity index is 3520. The van der Waals surface area contributed by atoms with Gasteiger partial charge in [0.25, 0.3) is 0 Å². The van der Waals surface area contributed by atoms with Gasteiger partial charge in [0, 0.05) is 81.0 Å². The van der Waals surface area contributed by atoms with E-state index in [2.05, 4.69) is 57.8 Å². The standard InChI is InChI=1S/C61H71FN12O6/c1-36(2)72-35-63-48-33-47(66-55(54(48)72)65-45-11-6-5-10-44(45)62)38-16-19-43-51(30-38)73(42-31-41(32-42)69-25-7-4-8-26-69)59(79)61(43)23-28-70(29-24-61)58(78)39-22-27-71(34-39)57(77)37-14-17-40(18-15-37)64-46-12-9-13-49-53(46)68(3)60(80)74(49)50-20-21-52(75)67-56(50)76/h5-6,9-13,16,19,30,33,35-37,39-42,50,64H,4,7-8,14-15,17-18,20-29,31-32,34H2,1-3H3,(H,65,66)(H,67,75,76)/t37?,39-,40?,41?,42?,50+/m0/s1. The number of piperidine rings is 3. The molecule has 4 saturated heterocycles. The molecule has 7 aliphatic rings. The SMILES string of the molecule is CC(C)n1cnc2cc(-c3ccc4c(c3)N(C3CC(N5CCCCC5)C3)C(=O)C43CCN(C(=O)[C@H]4CCN(C(=O)C5CCC(Nc6cccc7c6n(C)c(=O)n7[C@@H]6CCC(=O)NC6=O)CC5)C4)CC3)nc(Nc3ccccc3F)c21. The van der Waals surface area contributed by atoms with Gasteiger partial charge in [-0.15, -0.1) is 0 Å². The number of rotatable bonds is 11. The van der Waals surface area contributed by atoms with E-state index in [1.807, 2.05) is 38.6 Å². The Morgan fingerprint density at radius 2 is 1.52 bits per heavy atom. The van der Waals surface area contributed by atoms with E-state index >= 15 is 9.18 Å². The van der Waals surface area contributed by atoms with Crippen LogP contribution in [0.15, 0.2) is 77.9 Å². The number of nitrogens with zero attached hydrogens (tertiary/aromatic N) is 9. The highest BCUT2D eigenvalue weighted by molar-refractivity contribution is 6.10. The Labute approximate surface area is 464 Å². The first kappa shape index (κ1) is 52.0. The van der Waals surface area contributed by atoms with Crippen molar-refractivity contribution in [3.05, 3.63) is 94.9 Å². The van der Waals surface area contributed by atoms with Crippen LogP contribution in [0.2, 0.25) is 0 Å². The van der Waals surface area contributed by atoms with Crippen molar-refractivity contribution in [1.82, 2.24) is 43.7 Å². The zero-order valence-electron chi connectivity index (χ0n) is 46.0. The number of likely N-dealkylation sites (tertiary alicyclic amines) is 3. The highest BCUT2D eigenvalue weighted by Crippen LogP contribution is 2.52. The minimum absolute atomic E-state index is 0.0560. The Kier molecular flexibility index (Phi) is 13.4. The quantitative estimate of drug-likeness (QED) is 0.107. The maximum Gasteiger partial charge on any atom is 0.329 e. The van der Waals surface area contributed by atoms with E-state index in [9.17, 15) is 24.0 Å². The van der Waals surface area contributed by atoms with Crippen molar-refractivity contribution in [1.29, 1.82) is 0 Å². The molecule has 13 rings (SSSR count). The molecule has 80 heavy (non-hydrogen) atoms. The van der Waals surface area contributed by atoms with E-state index in [1.165, 1.54) is 29.9 Å². The molecule has 3 N–H and O–H groups in total. The summed E-state index contributed by atoms with van der Waals surface area (Å²) < 4.78 is 20.2. The van der Waals surface area contributed by atoms with Gasteiger partial charge in [0.1, 0.15) is 17.4 Å². The zero-order chi connectivity index (χ0) is 55.1. The van der Waals surface area contributed by atoms with Crippen LogP contribution in [-0.2, 0) is 36.4 Å². The molecule has 0 unspecified atom stereocenters. The minimum atomic E-state index is -0.777. The van der Waals surface area contributed by atoms with Gasteiger partial charge in [0.2, 0.25) is 29.5 Å². The normalized spacial score (nSPS) is 25.2. The number of aromatic nitrogens is 5. The predicted octanol–water partition coefficient (Wildman–Crippen LogP) is 7.94. The summed E-state index contributed by atoms with van der Waals surface area (Å²) in [6.45, 7) is 8.20. The van der Waals surface area contributed by atoms with Gasteiger partial charge >= 0.3 is 5.69 Å². The third-order valence-electron chi connectivity index (χ3n) is 19.1. The molecule has 0 radical (unpaired) electrons. The number of nitrogens with one attached hydrogen (secondary N) is 3. The number of fused-ring (bicyclic) bond motifs is 4. The Balaban J connectivity index is 0.682. The summed E-state index contributed by atoms with van der Waals surface area (Å²) in [5.74, 6) is -0.862. The van der Waals surface area contributed by atoms with Crippen LogP contribution >= 0.6 is 0 Å². The number of carbonyl (C=O) groups excluding carboxylic acids is 5. The van der Waals surface area contributed by atoms with Crippen molar-refractivity contribution in [2.75, 3.05) is 54.8 Å². The average Bonchev–Trinajstić information content (AvgIpc) is 4.32. The second-order valence-corrected chi connectivity index (χ2v) is 24.1. The summed E-state index contributed by atoms with van der Waals surface area (Å²) in [5, 5.41) is 9.31. The molecule has 6 aromatic rings. The van der Waals surface area contributed by atoms with Gasteiger partial charge < -0.3 is 34.8 Å². The molecule has 6 fully saturated rings. The number of imidazole rings is 2. The molecule has 3 aromatic carbocycles. The molecule has 2 atom stereocenters. The van der Waals surface area contributed by atoms with Crippen molar-refractivity contribution in [3.63, 3.8) is 0 Å². The van der Waals surface area contributed by atoms with E-state index in [1.54, 1.807) is 36.1 Å². The summed E-state index contributed by atoms with van der Waals surface area (Å²) in [7, 11) is 1.69. The first-order valence-electron chi connectivity index (χ1n) is 29.2. The highest BCUT2D eigenvalue weighted by Gasteiger charge is 2.56. The van der Waals surface area contributed by atoms with Gasteiger partial charge in [-0.1, -0.05) is 36.8 Å². The van der Waals surface area contributed by atoms with E-state index in [4.69, 9.17) is 9.97 Å². The molecular weight excluding hydrogens is 1020 g/mol. The Morgan fingerprint density at radius 3 is 2.27 bits per heavy atom. The van der Waals surface area contributed by atoms with Gasteiger partial charge in [-0.2, -0.15) is 0 Å². The minimum Gasteiger partial charge on any atom is -0.381 e. The summed E-state index contributed by atoms with van der Waals surface area (Å²) in [6.07, 6.45) is 12.3. The van der Waals surface area contributed by atoms with Gasteiger partial charge in [0.05, 0.1) is 51.3 Å². The topological polar surface area (TPSA) is 192 Å². The lowest BCUT2D eigenvalue weighted by Gasteiger charge is -2.48. The molecule has 0 bridgehead atoms. The monoisotopic (exact) mass is 1090 g/mol. The molecule has 19 heteroatoms. The number of carbonyl (C=O) groups is 5. The van der Waals surface area contributed by atoms with Crippen molar-refractivity contribution in [2.24, 2.45) is 18.9 Å². The lowest BCUT2D eigenvalue weighted by molar-refractivity contribution is -0.140. The summed E-state index contributed by atoms with van der Waals surface area (Å²) in [6, 6.07) is 20.4. The van der Waals surface area contributed by atoms with Crippen LogP contribution in [-0.4, -0.2) is 125 Å². The lowest BCUT2D eigenvalue weighted by Crippen LogP contribution is -2.58. The highest BCUT2D eigenvalue weighted by atomic mass is 19.1. The molecule has 2 saturated carbocycles. The predicted molar refractivity (Wildman–Crippen MR) is 303 cm³/mol. The molecule has 1 spiro atoms. The first-order valence-corrected chi connectivity index (χ1v) is 29.2. The number of amides is 5. The fourth-order valence-corrected chi connectivity index (χ4v) is 14.6. The summed E-state index contributed by atoms with van der Waals surface area (Å²) in [5.41, 5.74) is 6.23. The van der Waals surface area contributed by atoms with E-state index in [-0.39, 0.29) is 77.9 Å².